The molecule has 0 aromatic heterocycles. The van der Waals surface area contributed by atoms with E-state index in [2.05, 4.69) is 25.7 Å². The summed E-state index contributed by atoms with van der Waals surface area (Å²) >= 11 is 0. The molecule has 1 unspecified atom stereocenters. The molecule has 18 heavy (non-hydrogen) atoms. The molecule has 1 aromatic carbocycles. The maximum absolute atomic E-state index is 13.2. The fourth-order valence-corrected chi connectivity index (χ4v) is 2.84. The minimum Gasteiger partial charge on any atom is -0.298 e. The van der Waals surface area contributed by atoms with Crippen molar-refractivity contribution in [1.82, 2.24) is 4.90 Å². The summed E-state index contributed by atoms with van der Waals surface area (Å²) < 4.78 is 13.2. The Bertz CT molecular complexity index is 394. The maximum Gasteiger partial charge on any atom is 0.123 e. The lowest BCUT2D eigenvalue weighted by molar-refractivity contribution is 0.0790. The second-order valence-electron chi connectivity index (χ2n) is 6.46. The number of halogens is 1. The molecular formula is C16H24FN. The zero-order chi connectivity index (χ0) is 13.2. The number of benzene rings is 1. The lowest BCUT2D eigenvalue weighted by atomic mass is 9.89. The van der Waals surface area contributed by atoms with Crippen molar-refractivity contribution in [3.63, 3.8) is 0 Å². The Morgan fingerprint density at radius 3 is 2.78 bits per heavy atom. The van der Waals surface area contributed by atoms with Gasteiger partial charge in [0.15, 0.2) is 0 Å². The first kappa shape index (κ1) is 13.5. The van der Waals surface area contributed by atoms with E-state index in [1.165, 1.54) is 25.5 Å². The van der Waals surface area contributed by atoms with E-state index in [9.17, 15) is 4.39 Å². The van der Waals surface area contributed by atoms with Gasteiger partial charge >= 0.3 is 0 Å². The minimum atomic E-state index is -0.115. The summed E-state index contributed by atoms with van der Waals surface area (Å²) in [6, 6.07) is 7.05. The molecular weight excluding hydrogens is 225 g/mol. The average Bonchev–Trinajstić information content (AvgIpc) is 2.28. The minimum absolute atomic E-state index is 0.115. The van der Waals surface area contributed by atoms with Crippen molar-refractivity contribution in [2.75, 3.05) is 13.1 Å². The van der Waals surface area contributed by atoms with Gasteiger partial charge in [-0.3, -0.25) is 4.90 Å². The van der Waals surface area contributed by atoms with Gasteiger partial charge in [0.25, 0.3) is 0 Å². The molecule has 1 aromatic rings. The smallest absolute Gasteiger partial charge is 0.123 e. The Balaban J connectivity index is 1.98. The number of likely N-dealkylation sites (tertiary alicyclic amines) is 1. The van der Waals surface area contributed by atoms with Crippen molar-refractivity contribution >= 4 is 0 Å². The summed E-state index contributed by atoms with van der Waals surface area (Å²) in [6.07, 6.45) is 3.53. The molecule has 2 rings (SSSR count). The van der Waals surface area contributed by atoms with Crippen LogP contribution in [-0.2, 0) is 6.42 Å². The molecule has 0 bridgehead atoms. The summed E-state index contributed by atoms with van der Waals surface area (Å²) in [5, 5.41) is 0. The van der Waals surface area contributed by atoms with Crippen LogP contribution in [0.15, 0.2) is 24.3 Å². The first-order valence-electron chi connectivity index (χ1n) is 6.94. The van der Waals surface area contributed by atoms with E-state index in [-0.39, 0.29) is 11.4 Å². The lowest BCUT2D eigenvalue weighted by Gasteiger charge is -2.41. The Morgan fingerprint density at radius 2 is 2.11 bits per heavy atom. The quantitative estimate of drug-likeness (QED) is 0.769. The van der Waals surface area contributed by atoms with E-state index >= 15 is 0 Å². The van der Waals surface area contributed by atoms with Crippen molar-refractivity contribution in [3.8, 4) is 0 Å². The van der Waals surface area contributed by atoms with E-state index in [4.69, 9.17) is 0 Å². The van der Waals surface area contributed by atoms with Gasteiger partial charge in [0.1, 0.15) is 5.82 Å². The Labute approximate surface area is 110 Å². The van der Waals surface area contributed by atoms with Crippen LogP contribution in [-0.4, -0.2) is 23.5 Å². The highest BCUT2D eigenvalue weighted by molar-refractivity contribution is 5.17. The highest BCUT2D eigenvalue weighted by atomic mass is 19.1. The molecule has 1 atom stereocenters. The van der Waals surface area contributed by atoms with E-state index in [1.54, 1.807) is 6.07 Å². The predicted octanol–water partition coefficient (Wildman–Crippen LogP) is 3.88. The zero-order valence-electron chi connectivity index (χ0n) is 11.7. The highest BCUT2D eigenvalue weighted by Crippen LogP contribution is 2.26. The monoisotopic (exact) mass is 249 g/mol. The van der Waals surface area contributed by atoms with Crippen LogP contribution >= 0.6 is 0 Å². The number of rotatable bonds is 2. The second-order valence-corrected chi connectivity index (χ2v) is 6.46. The first-order chi connectivity index (χ1) is 8.45. The summed E-state index contributed by atoms with van der Waals surface area (Å²) in [7, 11) is 0. The van der Waals surface area contributed by atoms with Crippen LogP contribution in [0.25, 0.3) is 0 Å². The van der Waals surface area contributed by atoms with Gasteiger partial charge in [0.2, 0.25) is 0 Å². The van der Waals surface area contributed by atoms with Crippen LogP contribution in [0.3, 0.4) is 0 Å². The summed E-state index contributed by atoms with van der Waals surface area (Å²) in [5.41, 5.74) is 1.39. The van der Waals surface area contributed by atoms with Crippen LogP contribution in [0.1, 0.15) is 39.2 Å². The second kappa shape index (κ2) is 5.40. The van der Waals surface area contributed by atoms with Gasteiger partial charge in [-0.2, -0.15) is 0 Å². The van der Waals surface area contributed by atoms with E-state index in [0.29, 0.717) is 5.92 Å². The van der Waals surface area contributed by atoms with Gasteiger partial charge in [-0.1, -0.05) is 12.1 Å². The number of nitrogens with zero attached hydrogens (tertiary/aromatic N) is 1. The molecule has 0 spiro atoms. The highest BCUT2D eigenvalue weighted by Gasteiger charge is 2.27. The maximum atomic E-state index is 13.2. The molecule has 0 radical (unpaired) electrons. The van der Waals surface area contributed by atoms with Crippen molar-refractivity contribution in [2.45, 2.75) is 45.6 Å². The molecule has 1 heterocycles. The fraction of sp³-hybridized carbons (Fsp3) is 0.625. The van der Waals surface area contributed by atoms with Crippen molar-refractivity contribution in [2.24, 2.45) is 5.92 Å². The Hall–Kier alpha value is -0.890. The van der Waals surface area contributed by atoms with Crippen LogP contribution < -0.4 is 0 Å². The number of hydrogen-bond donors (Lipinski definition) is 0. The molecule has 0 N–H and O–H groups in total. The molecule has 1 fully saturated rings. The average molecular weight is 249 g/mol. The Kier molecular flexibility index (Phi) is 4.06. The van der Waals surface area contributed by atoms with Crippen molar-refractivity contribution < 1.29 is 4.39 Å². The number of piperidine rings is 1. The fourth-order valence-electron chi connectivity index (χ4n) is 2.84. The SMILES string of the molecule is CC(C)(C)N1CCCC(Cc2cccc(F)c2)C1. The van der Waals surface area contributed by atoms with E-state index < -0.39 is 0 Å². The van der Waals surface area contributed by atoms with Crippen LogP contribution in [0.5, 0.6) is 0 Å². The summed E-state index contributed by atoms with van der Waals surface area (Å²) in [6.45, 7) is 9.16. The van der Waals surface area contributed by atoms with Gasteiger partial charge in [-0.25, -0.2) is 4.39 Å². The van der Waals surface area contributed by atoms with Crippen LogP contribution in [0.4, 0.5) is 4.39 Å². The molecule has 0 amide bonds. The van der Waals surface area contributed by atoms with Gasteiger partial charge in [-0.05, 0) is 70.2 Å². The standard InChI is InChI=1S/C16H24FN/c1-16(2,3)18-9-5-7-14(12-18)10-13-6-4-8-15(17)11-13/h4,6,8,11,14H,5,7,9-10,12H2,1-3H3. The van der Waals surface area contributed by atoms with Crippen molar-refractivity contribution in [1.29, 1.82) is 0 Å². The predicted molar refractivity (Wildman–Crippen MR) is 74.2 cm³/mol. The largest absolute Gasteiger partial charge is 0.298 e. The Morgan fingerprint density at radius 1 is 1.33 bits per heavy atom. The third-order valence-corrected chi connectivity index (χ3v) is 3.88. The van der Waals surface area contributed by atoms with Gasteiger partial charge in [0.05, 0.1) is 0 Å². The molecule has 0 saturated carbocycles. The topological polar surface area (TPSA) is 3.24 Å². The van der Waals surface area contributed by atoms with Crippen molar-refractivity contribution in [3.05, 3.63) is 35.6 Å². The number of hydrogen-bond acceptors (Lipinski definition) is 1. The molecule has 100 valence electrons. The molecule has 0 aliphatic carbocycles. The summed E-state index contributed by atoms with van der Waals surface area (Å²) in [5.74, 6) is 0.552. The third-order valence-electron chi connectivity index (χ3n) is 3.88. The van der Waals surface area contributed by atoms with Gasteiger partial charge in [0, 0.05) is 12.1 Å². The molecule has 2 heteroatoms. The first-order valence-corrected chi connectivity index (χ1v) is 6.94. The van der Waals surface area contributed by atoms with Gasteiger partial charge in [-0.15, -0.1) is 0 Å². The third kappa shape index (κ3) is 3.55. The molecule has 1 saturated heterocycles. The molecule has 1 aliphatic heterocycles. The van der Waals surface area contributed by atoms with E-state index in [1.807, 2.05) is 12.1 Å². The van der Waals surface area contributed by atoms with Gasteiger partial charge < -0.3 is 0 Å². The van der Waals surface area contributed by atoms with Crippen LogP contribution in [0.2, 0.25) is 0 Å². The zero-order valence-corrected chi connectivity index (χ0v) is 11.7. The molecule has 1 nitrogen and oxygen atoms in total. The molecule has 1 aliphatic rings. The van der Waals surface area contributed by atoms with Crippen LogP contribution in [0, 0.1) is 11.7 Å². The normalized spacial score (nSPS) is 22.1. The summed E-state index contributed by atoms with van der Waals surface area (Å²) in [4.78, 5) is 2.56. The van der Waals surface area contributed by atoms with E-state index in [0.717, 1.165) is 18.5 Å². The lowest BCUT2D eigenvalue weighted by Crippen LogP contribution is -2.47.